The molecule has 1 aliphatic heterocycles. The number of hydrogen-bond acceptors (Lipinski definition) is 7. The van der Waals surface area contributed by atoms with Crippen molar-refractivity contribution < 1.29 is 38.5 Å². The maximum absolute atomic E-state index is 12.1. The number of fused-ring (bicyclic) bond motifs is 1. The van der Waals surface area contributed by atoms with Gasteiger partial charge in [0.15, 0.2) is 5.78 Å². The van der Waals surface area contributed by atoms with Crippen molar-refractivity contribution in [3.8, 4) is 23.0 Å². The third-order valence-electron chi connectivity index (χ3n) is 6.86. The molecule has 1 aliphatic rings. The van der Waals surface area contributed by atoms with Crippen molar-refractivity contribution in [3.05, 3.63) is 118 Å². The summed E-state index contributed by atoms with van der Waals surface area (Å²) in [4.78, 5) is 47.6. The maximum atomic E-state index is 12.1. The van der Waals surface area contributed by atoms with Gasteiger partial charge in [-0.05, 0) is 60.5 Å². The topological polar surface area (TPSA) is 116 Å². The highest BCUT2D eigenvalue weighted by Gasteiger charge is 2.33. The number of carbonyl (C=O) groups excluding carboxylic acids is 3. The van der Waals surface area contributed by atoms with E-state index in [1.807, 2.05) is 24.3 Å². The minimum Gasteiger partial charge on any atom is -0.478 e. The third kappa shape index (κ3) is 4.82. The van der Waals surface area contributed by atoms with Gasteiger partial charge in [0.05, 0.1) is 5.56 Å². The first kappa shape index (κ1) is 26.4. The SMILES string of the molecule is CC(=O)c1cccc(Oc2ccc(C(C)(C)c3ccc(Oc4cccc5c4C(=O)OC5=O)cc3)cc2)c1C(=O)O. The normalized spacial score (nSPS) is 12.5. The largest absolute Gasteiger partial charge is 0.478 e. The van der Waals surface area contributed by atoms with E-state index in [1.54, 1.807) is 42.5 Å². The van der Waals surface area contributed by atoms with E-state index in [2.05, 4.69) is 18.6 Å². The third-order valence-corrected chi connectivity index (χ3v) is 6.86. The van der Waals surface area contributed by atoms with Crippen LogP contribution < -0.4 is 9.47 Å². The Morgan fingerprint density at radius 3 is 1.80 bits per heavy atom. The molecule has 1 N–H and O–H groups in total. The van der Waals surface area contributed by atoms with Crippen molar-refractivity contribution in [2.75, 3.05) is 0 Å². The van der Waals surface area contributed by atoms with Crippen LogP contribution in [0.15, 0.2) is 84.9 Å². The van der Waals surface area contributed by atoms with Gasteiger partial charge in [0.2, 0.25) is 0 Å². The molecule has 8 heteroatoms. The lowest BCUT2D eigenvalue weighted by Gasteiger charge is -2.26. The summed E-state index contributed by atoms with van der Waals surface area (Å²) < 4.78 is 16.4. The Morgan fingerprint density at radius 2 is 1.25 bits per heavy atom. The summed E-state index contributed by atoms with van der Waals surface area (Å²) in [6, 6.07) is 24.0. The van der Waals surface area contributed by atoms with Crippen LogP contribution in [-0.2, 0) is 10.2 Å². The fourth-order valence-electron chi connectivity index (χ4n) is 4.62. The summed E-state index contributed by atoms with van der Waals surface area (Å²) in [5.41, 5.74) is 1.75. The molecule has 5 rings (SSSR count). The number of rotatable bonds is 8. The lowest BCUT2D eigenvalue weighted by atomic mass is 9.78. The molecule has 0 radical (unpaired) electrons. The number of carboxylic acids is 1. The first-order valence-electron chi connectivity index (χ1n) is 12.4. The van der Waals surface area contributed by atoms with E-state index in [1.165, 1.54) is 25.1 Å². The van der Waals surface area contributed by atoms with Gasteiger partial charge in [-0.1, -0.05) is 56.3 Å². The first-order chi connectivity index (χ1) is 19.1. The van der Waals surface area contributed by atoms with Crippen LogP contribution in [0, 0.1) is 0 Å². The Bertz CT molecular complexity index is 1660. The zero-order valence-electron chi connectivity index (χ0n) is 21.9. The van der Waals surface area contributed by atoms with Crippen LogP contribution in [0.25, 0.3) is 0 Å². The van der Waals surface area contributed by atoms with Crippen LogP contribution in [-0.4, -0.2) is 28.8 Å². The molecule has 0 atom stereocenters. The number of aromatic carboxylic acids is 1. The standard InChI is InChI=1S/C32H24O8/c1-18(33)23-6-4-8-25(27(23)29(34)35)38-21-14-10-19(11-15-21)32(2,3)20-12-16-22(17-13-20)39-26-9-5-7-24-28(26)31(37)40-30(24)36/h4-17H,1-3H3,(H,34,35). The Labute approximate surface area is 229 Å². The summed E-state index contributed by atoms with van der Waals surface area (Å²) in [7, 11) is 0. The quantitative estimate of drug-likeness (QED) is 0.148. The van der Waals surface area contributed by atoms with Gasteiger partial charge < -0.3 is 19.3 Å². The molecule has 0 amide bonds. The Hall–Kier alpha value is -5.24. The number of ether oxygens (including phenoxy) is 3. The molecule has 0 spiro atoms. The molecule has 0 fully saturated rings. The molecule has 0 saturated heterocycles. The van der Waals surface area contributed by atoms with Gasteiger partial charge >= 0.3 is 17.9 Å². The molecule has 4 aromatic carbocycles. The Morgan fingerprint density at radius 1 is 0.725 bits per heavy atom. The lowest BCUT2D eigenvalue weighted by molar-refractivity contribution is 0.0442. The van der Waals surface area contributed by atoms with Gasteiger partial charge in [-0.25, -0.2) is 14.4 Å². The van der Waals surface area contributed by atoms with E-state index in [9.17, 15) is 24.3 Å². The monoisotopic (exact) mass is 536 g/mol. The Kier molecular flexibility index (Phi) is 6.69. The predicted octanol–water partition coefficient (Wildman–Crippen LogP) is 6.81. The number of Topliss-reactive ketones (excluding diaryl/α,β-unsaturated/α-hetero) is 1. The summed E-state index contributed by atoms with van der Waals surface area (Å²) >= 11 is 0. The molecular weight excluding hydrogens is 512 g/mol. The molecule has 0 aromatic heterocycles. The molecule has 0 bridgehead atoms. The van der Waals surface area contributed by atoms with E-state index in [0.717, 1.165) is 11.1 Å². The summed E-state index contributed by atoms with van der Waals surface area (Å²) in [5, 5.41) is 9.64. The maximum Gasteiger partial charge on any atom is 0.350 e. The number of cyclic esters (lactones) is 2. The van der Waals surface area contributed by atoms with Gasteiger partial charge in [0.25, 0.3) is 0 Å². The molecule has 40 heavy (non-hydrogen) atoms. The van der Waals surface area contributed by atoms with Gasteiger partial charge in [0.1, 0.15) is 34.1 Å². The van der Waals surface area contributed by atoms with Crippen molar-refractivity contribution in [1.82, 2.24) is 0 Å². The summed E-state index contributed by atoms with van der Waals surface area (Å²) in [6.45, 7) is 5.43. The second-order valence-electron chi connectivity index (χ2n) is 9.77. The second-order valence-corrected chi connectivity index (χ2v) is 9.77. The van der Waals surface area contributed by atoms with Crippen LogP contribution in [0.2, 0.25) is 0 Å². The van der Waals surface area contributed by atoms with Crippen LogP contribution in [0.4, 0.5) is 0 Å². The molecule has 8 nitrogen and oxygen atoms in total. The molecular formula is C32H24O8. The Balaban J connectivity index is 1.34. The number of carbonyl (C=O) groups is 4. The summed E-state index contributed by atoms with van der Waals surface area (Å²) in [5.74, 6) is -1.76. The molecule has 1 heterocycles. The highest BCUT2D eigenvalue weighted by atomic mass is 16.6. The number of esters is 2. The fraction of sp³-hybridized carbons (Fsp3) is 0.125. The molecule has 0 saturated carbocycles. The van der Waals surface area contributed by atoms with Crippen LogP contribution in [0.1, 0.15) is 73.3 Å². The molecule has 4 aromatic rings. The average Bonchev–Trinajstić information content (AvgIpc) is 3.23. The average molecular weight is 537 g/mol. The van der Waals surface area contributed by atoms with Crippen molar-refractivity contribution in [1.29, 1.82) is 0 Å². The highest BCUT2D eigenvalue weighted by molar-refractivity contribution is 6.16. The van der Waals surface area contributed by atoms with Crippen molar-refractivity contribution in [2.45, 2.75) is 26.2 Å². The van der Waals surface area contributed by atoms with Crippen LogP contribution in [0.5, 0.6) is 23.0 Å². The van der Waals surface area contributed by atoms with Crippen molar-refractivity contribution in [2.24, 2.45) is 0 Å². The zero-order valence-corrected chi connectivity index (χ0v) is 21.9. The molecule has 0 aliphatic carbocycles. The van der Waals surface area contributed by atoms with E-state index in [0.29, 0.717) is 11.5 Å². The number of carboxylic acid groups (broad SMARTS) is 1. The van der Waals surface area contributed by atoms with E-state index in [-0.39, 0.29) is 39.5 Å². The fourth-order valence-corrected chi connectivity index (χ4v) is 4.62. The van der Waals surface area contributed by atoms with Gasteiger partial charge in [-0.3, -0.25) is 4.79 Å². The van der Waals surface area contributed by atoms with Crippen LogP contribution >= 0.6 is 0 Å². The minimum atomic E-state index is -1.24. The highest BCUT2D eigenvalue weighted by Crippen LogP contribution is 2.37. The first-order valence-corrected chi connectivity index (χ1v) is 12.4. The smallest absolute Gasteiger partial charge is 0.350 e. The molecule has 0 unspecified atom stereocenters. The number of ketones is 1. The zero-order chi connectivity index (χ0) is 28.6. The van der Waals surface area contributed by atoms with Crippen LogP contribution in [0.3, 0.4) is 0 Å². The van der Waals surface area contributed by atoms with Crippen molar-refractivity contribution >= 4 is 23.7 Å². The number of benzene rings is 4. The van der Waals surface area contributed by atoms with E-state index in [4.69, 9.17) is 9.47 Å². The van der Waals surface area contributed by atoms with Gasteiger partial charge in [-0.15, -0.1) is 0 Å². The summed E-state index contributed by atoms with van der Waals surface area (Å²) in [6.07, 6.45) is 0. The lowest BCUT2D eigenvalue weighted by Crippen LogP contribution is -2.18. The predicted molar refractivity (Wildman–Crippen MR) is 145 cm³/mol. The number of hydrogen-bond donors (Lipinski definition) is 1. The second kappa shape index (κ2) is 10.1. The van der Waals surface area contributed by atoms with Crippen molar-refractivity contribution in [3.63, 3.8) is 0 Å². The van der Waals surface area contributed by atoms with E-state index >= 15 is 0 Å². The minimum absolute atomic E-state index is 0.0836. The van der Waals surface area contributed by atoms with Gasteiger partial charge in [0, 0.05) is 11.0 Å². The van der Waals surface area contributed by atoms with E-state index < -0.39 is 23.3 Å². The van der Waals surface area contributed by atoms with Gasteiger partial charge in [-0.2, -0.15) is 0 Å². The molecule has 200 valence electrons.